The minimum absolute atomic E-state index is 0.386. The molecule has 0 fully saturated rings. The molecule has 0 aliphatic heterocycles. The minimum Gasteiger partial charge on any atom is -0.508 e. The maximum atomic E-state index is 9.95. The summed E-state index contributed by atoms with van der Waals surface area (Å²) < 4.78 is 5.21. The molecule has 0 bridgehead atoms. The summed E-state index contributed by atoms with van der Waals surface area (Å²) >= 11 is 0. The molecule has 0 aliphatic carbocycles. The van der Waals surface area contributed by atoms with E-state index in [9.17, 15) is 5.11 Å². The van der Waals surface area contributed by atoms with Gasteiger partial charge in [-0.2, -0.15) is 0 Å². The van der Waals surface area contributed by atoms with Crippen molar-refractivity contribution in [2.75, 3.05) is 7.11 Å². The fraction of sp³-hybridized carbons (Fsp3) is 0.333. The van der Waals surface area contributed by atoms with Gasteiger partial charge in [0.1, 0.15) is 11.5 Å². The van der Waals surface area contributed by atoms with E-state index in [1.54, 1.807) is 13.2 Å². The zero-order chi connectivity index (χ0) is 12.4. The van der Waals surface area contributed by atoms with Gasteiger partial charge in [-0.15, -0.1) is 0 Å². The lowest BCUT2D eigenvalue weighted by Crippen LogP contribution is -1.96. The first-order valence-electron chi connectivity index (χ1n) is 5.90. The Morgan fingerprint density at radius 3 is 2.59 bits per heavy atom. The highest BCUT2D eigenvalue weighted by Gasteiger charge is 2.09. The number of ether oxygens (including phenoxy) is 1. The highest BCUT2D eigenvalue weighted by Crippen LogP contribution is 2.31. The number of aromatic hydroxyl groups is 1. The van der Waals surface area contributed by atoms with Crippen molar-refractivity contribution in [2.45, 2.75) is 20.3 Å². The van der Waals surface area contributed by atoms with Crippen LogP contribution in [-0.4, -0.2) is 12.2 Å². The summed E-state index contributed by atoms with van der Waals surface area (Å²) in [4.78, 5) is 0. The van der Waals surface area contributed by atoms with Gasteiger partial charge in [0.25, 0.3) is 0 Å². The molecule has 2 rings (SSSR count). The van der Waals surface area contributed by atoms with Gasteiger partial charge in [-0.3, -0.25) is 0 Å². The van der Waals surface area contributed by atoms with E-state index in [0.29, 0.717) is 11.7 Å². The third kappa shape index (κ3) is 2.36. The average molecular weight is 230 g/mol. The molecule has 0 saturated carbocycles. The molecule has 2 aromatic rings. The van der Waals surface area contributed by atoms with Crippen molar-refractivity contribution in [1.29, 1.82) is 0 Å². The van der Waals surface area contributed by atoms with E-state index < -0.39 is 0 Å². The normalized spacial score (nSPS) is 11.1. The summed E-state index contributed by atoms with van der Waals surface area (Å²) in [6, 6.07) is 9.65. The van der Waals surface area contributed by atoms with Crippen molar-refractivity contribution in [3.8, 4) is 11.5 Å². The molecule has 0 radical (unpaired) electrons. The van der Waals surface area contributed by atoms with E-state index >= 15 is 0 Å². The summed E-state index contributed by atoms with van der Waals surface area (Å²) in [5.74, 6) is 1.75. The Labute approximate surface area is 102 Å². The fourth-order valence-electron chi connectivity index (χ4n) is 2.11. The number of rotatable bonds is 3. The van der Waals surface area contributed by atoms with Gasteiger partial charge in [0.15, 0.2) is 0 Å². The Morgan fingerprint density at radius 2 is 1.94 bits per heavy atom. The zero-order valence-corrected chi connectivity index (χ0v) is 10.5. The Bertz CT molecular complexity index is 530. The van der Waals surface area contributed by atoms with Crippen molar-refractivity contribution in [2.24, 2.45) is 5.92 Å². The van der Waals surface area contributed by atoms with E-state index in [2.05, 4.69) is 13.8 Å². The van der Waals surface area contributed by atoms with E-state index in [1.807, 2.05) is 24.3 Å². The Balaban J connectivity index is 2.60. The summed E-state index contributed by atoms with van der Waals surface area (Å²) in [5.41, 5.74) is 1.03. The topological polar surface area (TPSA) is 29.5 Å². The van der Waals surface area contributed by atoms with Crippen LogP contribution >= 0.6 is 0 Å². The molecule has 1 N–H and O–H groups in total. The van der Waals surface area contributed by atoms with E-state index in [4.69, 9.17) is 4.74 Å². The molecular formula is C15H18O2. The molecule has 0 unspecified atom stereocenters. The molecule has 17 heavy (non-hydrogen) atoms. The van der Waals surface area contributed by atoms with Gasteiger partial charge in [0.2, 0.25) is 0 Å². The first-order valence-corrected chi connectivity index (χ1v) is 5.90. The number of phenolic OH excluding ortho intramolecular Hbond substituents is 1. The third-order valence-corrected chi connectivity index (χ3v) is 2.93. The average Bonchev–Trinajstić information content (AvgIpc) is 2.32. The van der Waals surface area contributed by atoms with Crippen LogP contribution in [0.2, 0.25) is 0 Å². The number of phenols is 1. The van der Waals surface area contributed by atoms with Gasteiger partial charge in [-0.25, -0.2) is 0 Å². The second kappa shape index (κ2) is 4.66. The molecule has 0 aromatic heterocycles. The second-order valence-corrected chi connectivity index (χ2v) is 4.75. The van der Waals surface area contributed by atoms with Crippen LogP contribution in [-0.2, 0) is 6.42 Å². The molecule has 90 valence electrons. The zero-order valence-electron chi connectivity index (χ0n) is 10.5. The SMILES string of the molecule is COc1ccc2c(CC(C)C)c(O)ccc2c1. The first-order chi connectivity index (χ1) is 8.11. The molecule has 0 spiro atoms. The molecule has 2 aromatic carbocycles. The van der Waals surface area contributed by atoms with Gasteiger partial charge in [0.05, 0.1) is 7.11 Å². The van der Waals surface area contributed by atoms with Gasteiger partial charge in [-0.1, -0.05) is 26.0 Å². The Kier molecular flexibility index (Phi) is 3.23. The predicted molar refractivity (Wildman–Crippen MR) is 70.7 cm³/mol. The van der Waals surface area contributed by atoms with Crippen LogP contribution in [0.3, 0.4) is 0 Å². The largest absolute Gasteiger partial charge is 0.508 e. The Hall–Kier alpha value is -1.70. The predicted octanol–water partition coefficient (Wildman–Crippen LogP) is 3.75. The lowest BCUT2D eigenvalue weighted by Gasteiger charge is -2.12. The summed E-state index contributed by atoms with van der Waals surface area (Å²) in [7, 11) is 1.66. The summed E-state index contributed by atoms with van der Waals surface area (Å²) in [6.07, 6.45) is 0.884. The lowest BCUT2D eigenvalue weighted by molar-refractivity contribution is 0.415. The molecule has 2 heteroatoms. The monoisotopic (exact) mass is 230 g/mol. The van der Waals surface area contributed by atoms with E-state index in [-0.39, 0.29) is 0 Å². The minimum atomic E-state index is 0.386. The molecule has 0 heterocycles. The van der Waals surface area contributed by atoms with Crippen molar-refractivity contribution in [3.05, 3.63) is 35.9 Å². The number of hydrogen-bond acceptors (Lipinski definition) is 2. The van der Waals surface area contributed by atoms with E-state index in [1.165, 1.54) is 0 Å². The number of benzene rings is 2. The van der Waals surface area contributed by atoms with Crippen molar-refractivity contribution < 1.29 is 9.84 Å². The molecule has 0 amide bonds. The third-order valence-electron chi connectivity index (χ3n) is 2.93. The highest BCUT2D eigenvalue weighted by atomic mass is 16.5. The fourth-order valence-corrected chi connectivity index (χ4v) is 2.11. The van der Waals surface area contributed by atoms with Crippen LogP contribution in [0, 0.1) is 5.92 Å². The molecule has 0 aliphatic rings. The summed E-state index contributed by atoms with van der Waals surface area (Å²) in [6.45, 7) is 4.31. The van der Waals surface area contributed by atoms with Gasteiger partial charge in [0, 0.05) is 5.56 Å². The summed E-state index contributed by atoms with van der Waals surface area (Å²) in [5, 5.41) is 12.2. The first kappa shape index (κ1) is 11.8. The molecule has 0 saturated heterocycles. The quantitative estimate of drug-likeness (QED) is 0.870. The van der Waals surface area contributed by atoms with Crippen LogP contribution in [0.15, 0.2) is 30.3 Å². The van der Waals surface area contributed by atoms with Crippen LogP contribution in [0.5, 0.6) is 11.5 Å². The van der Waals surface area contributed by atoms with Crippen LogP contribution in [0.25, 0.3) is 10.8 Å². The van der Waals surface area contributed by atoms with Gasteiger partial charge < -0.3 is 9.84 Å². The van der Waals surface area contributed by atoms with Crippen molar-refractivity contribution >= 4 is 10.8 Å². The molecule has 2 nitrogen and oxygen atoms in total. The van der Waals surface area contributed by atoms with Crippen molar-refractivity contribution in [3.63, 3.8) is 0 Å². The van der Waals surface area contributed by atoms with Gasteiger partial charge >= 0.3 is 0 Å². The standard InChI is InChI=1S/C15H18O2/c1-10(2)8-14-13-6-5-12(17-3)9-11(13)4-7-15(14)16/h4-7,9-10,16H,8H2,1-3H3. The van der Waals surface area contributed by atoms with Crippen molar-refractivity contribution in [1.82, 2.24) is 0 Å². The number of hydrogen-bond donors (Lipinski definition) is 1. The molecule has 0 atom stereocenters. The van der Waals surface area contributed by atoms with Crippen LogP contribution in [0.1, 0.15) is 19.4 Å². The lowest BCUT2D eigenvalue weighted by atomic mass is 9.96. The second-order valence-electron chi connectivity index (χ2n) is 4.75. The van der Waals surface area contributed by atoms with Gasteiger partial charge in [-0.05, 0) is 41.3 Å². The number of methoxy groups -OCH3 is 1. The molecular weight excluding hydrogens is 212 g/mol. The maximum Gasteiger partial charge on any atom is 0.119 e. The van der Waals surface area contributed by atoms with Crippen LogP contribution in [0.4, 0.5) is 0 Å². The highest BCUT2D eigenvalue weighted by molar-refractivity contribution is 5.88. The smallest absolute Gasteiger partial charge is 0.119 e. The Morgan fingerprint density at radius 1 is 1.18 bits per heavy atom. The van der Waals surface area contributed by atoms with E-state index in [0.717, 1.165) is 28.5 Å². The van der Waals surface area contributed by atoms with Crippen LogP contribution < -0.4 is 4.74 Å². The maximum absolute atomic E-state index is 9.95. The number of fused-ring (bicyclic) bond motifs is 1.